The van der Waals surface area contributed by atoms with Crippen LogP contribution in [-0.2, 0) is 5.41 Å². The minimum Gasteiger partial charge on any atom is -0.309 e. The highest BCUT2D eigenvalue weighted by molar-refractivity contribution is 6.19. The van der Waals surface area contributed by atoms with Gasteiger partial charge in [-0.25, -0.2) is 0 Å². The first-order chi connectivity index (χ1) is 51.1. The van der Waals surface area contributed by atoms with Gasteiger partial charge in [-0.05, 0) is 204 Å². The lowest BCUT2D eigenvalue weighted by Crippen LogP contribution is -2.26. The lowest BCUT2D eigenvalue weighted by Gasteiger charge is -2.30. The Kier molecular flexibility index (Phi) is 12.5. The van der Waals surface area contributed by atoms with Crippen molar-refractivity contribution in [3.8, 4) is 55.9 Å². The van der Waals surface area contributed by atoms with Crippen LogP contribution in [0.1, 0.15) is 44.5 Å². The molecular weight excluding hydrogens is 1240 g/mol. The van der Waals surface area contributed by atoms with E-state index >= 15 is 0 Å². The largest absolute Gasteiger partial charge is 0.309 e. The number of benzene rings is 18. The lowest BCUT2D eigenvalue weighted by molar-refractivity contribution is 0.793. The van der Waals surface area contributed by atoms with Gasteiger partial charge in [0.2, 0.25) is 0 Å². The maximum atomic E-state index is 2.49. The van der Waals surface area contributed by atoms with Gasteiger partial charge in [-0.1, -0.05) is 315 Å². The van der Waals surface area contributed by atoms with Crippen molar-refractivity contribution >= 4 is 133 Å². The molecule has 0 amide bonds. The van der Waals surface area contributed by atoms with E-state index in [-0.39, 0.29) is 0 Å². The minimum atomic E-state index is -0.526. The Balaban J connectivity index is 0.614. The average Bonchev–Trinajstić information content (AvgIpc) is 1.55. The van der Waals surface area contributed by atoms with Gasteiger partial charge in [-0.15, -0.1) is 0 Å². The van der Waals surface area contributed by atoms with Crippen LogP contribution in [0.2, 0.25) is 0 Å². The molecule has 0 atom stereocenters. The number of hydrogen-bond donors (Lipinski definition) is 0. The first kappa shape index (κ1) is 57.5. The summed E-state index contributed by atoms with van der Waals surface area (Å²) in [7, 11) is 0. The highest BCUT2D eigenvalue weighted by atomic mass is 15.0. The van der Waals surface area contributed by atoms with E-state index in [4.69, 9.17) is 0 Å². The zero-order chi connectivity index (χ0) is 67.4. The van der Waals surface area contributed by atoms with Gasteiger partial charge in [-0.2, -0.15) is 0 Å². The Bertz CT molecular complexity index is 6700. The first-order valence-corrected chi connectivity index (χ1v) is 35.9. The van der Waals surface area contributed by atoms with Crippen molar-refractivity contribution in [3.05, 3.63) is 396 Å². The smallest absolute Gasteiger partial charge is 0.0725 e. The topological polar surface area (TPSA) is 9.86 Å². The third-order valence-electron chi connectivity index (χ3n) is 22.9. The fourth-order valence-corrected chi connectivity index (χ4v) is 18.4. The fraction of sp³-hybridized carbons (Fsp3) is 0.00990. The molecule has 103 heavy (non-hydrogen) atoms. The van der Waals surface area contributed by atoms with E-state index in [0.29, 0.717) is 0 Å². The summed E-state index contributed by atoms with van der Waals surface area (Å²) in [5.74, 6) is 0. The molecule has 1 spiro atoms. The average molecular weight is 1300 g/mol. The Hall–Kier alpha value is -13.4. The van der Waals surface area contributed by atoms with E-state index in [2.05, 4.69) is 385 Å². The molecule has 0 fully saturated rings. The summed E-state index contributed by atoms with van der Waals surface area (Å²) in [6, 6.07) is 132. The van der Waals surface area contributed by atoms with Crippen LogP contribution in [-0.4, -0.2) is 9.13 Å². The quantitative estimate of drug-likeness (QED) is 0.106. The summed E-state index contributed by atoms with van der Waals surface area (Å²) in [6.07, 6.45) is 9.32. The molecule has 0 aliphatic heterocycles. The minimum absolute atomic E-state index is 0.526. The molecule has 18 aromatic carbocycles. The third kappa shape index (κ3) is 8.44. The van der Waals surface area contributed by atoms with Gasteiger partial charge in [-0.3, -0.25) is 0 Å². The molecular formula is C101H62N2. The van der Waals surface area contributed by atoms with Crippen LogP contribution in [0.5, 0.6) is 0 Å². The Morgan fingerprint density at radius 3 is 0.990 bits per heavy atom. The van der Waals surface area contributed by atoms with E-state index in [1.807, 2.05) is 0 Å². The summed E-state index contributed by atoms with van der Waals surface area (Å²) in [5, 5.41) is 19.9. The second kappa shape index (κ2) is 22.3. The van der Waals surface area contributed by atoms with Crippen LogP contribution in [0.4, 0.5) is 0 Å². The van der Waals surface area contributed by atoms with E-state index < -0.39 is 5.41 Å². The SMILES string of the molecule is C(=Cc1ccc(-c2ccc3c(c2)c2ccccc2n3-c2cc3ccccc3c3ccccc23)c2ccccc12)c1ccc2c(c1)C1(c3ccccc3-c3ccccc31)c1cc(C=Cc3ccc(-c4ccc5c(c4)c4ccccc4n5-c4cc5ccccc5c5ccccc45)c4ccccc34)ccc1-2. The lowest BCUT2D eigenvalue weighted by atomic mass is 9.70. The highest BCUT2D eigenvalue weighted by Crippen LogP contribution is 2.63. The van der Waals surface area contributed by atoms with E-state index in [9.17, 15) is 0 Å². The Labute approximate surface area is 595 Å². The predicted octanol–water partition coefficient (Wildman–Crippen LogP) is 26.8. The van der Waals surface area contributed by atoms with E-state index in [1.54, 1.807) is 0 Å². The van der Waals surface area contributed by atoms with Crippen molar-refractivity contribution < 1.29 is 0 Å². The van der Waals surface area contributed by atoms with Gasteiger partial charge in [0.05, 0.1) is 38.9 Å². The van der Waals surface area contributed by atoms with Gasteiger partial charge in [0.1, 0.15) is 0 Å². The molecule has 476 valence electrons. The number of fused-ring (bicyclic) bond motifs is 24. The van der Waals surface area contributed by atoms with Crippen LogP contribution in [0, 0.1) is 0 Å². The van der Waals surface area contributed by atoms with E-state index in [1.165, 1.54) is 209 Å². The molecule has 22 rings (SSSR count). The molecule has 2 heteroatoms. The molecule has 0 radical (unpaired) electrons. The van der Waals surface area contributed by atoms with Crippen LogP contribution in [0.25, 0.3) is 188 Å². The van der Waals surface area contributed by atoms with Gasteiger partial charge in [0.15, 0.2) is 0 Å². The van der Waals surface area contributed by atoms with Crippen molar-refractivity contribution in [2.45, 2.75) is 5.41 Å². The molecule has 2 heterocycles. The number of rotatable bonds is 8. The van der Waals surface area contributed by atoms with E-state index in [0.717, 1.165) is 0 Å². The maximum absolute atomic E-state index is 2.49. The third-order valence-corrected chi connectivity index (χ3v) is 22.9. The molecule has 0 N–H and O–H groups in total. The van der Waals surface area contributed by atoms with Crippen molar-refractivity contribution in [2.24, 2.45) is 0 Å². The van der Waals surface area contributed by atoms with Crippen molar-refractivity contribution in [1.29, 1.82) is 0 Å². The molecule has 2 aromatic heterocycles. The van der Waals surface area contributed by atoms with Crippen molar-refractivity contribution in [1.82, 2.24) is 9.13 Å². The van der Waals surface area contributed by atoms with Crippen LogP contribution in [0.3, 0.4) is 0 Å². The number of nitrogens with zero attached hydrogens (tertiary/aromatic N) is 2. The van der Waals surface area contributed by atoms with Gasteiger partial charge >= 0.3 is 0 Å². The number of hydrogen-bond acceptors (Lipinski definition) is 0. The van der Waals surface area contributed by atoms with Crippen LogP contribution < -0.4 is 0 Å². The highest BCUT2D eigenvalue weighted by Gasteiger charge is 2.51. The summed E-state index contributed by atoms with van der Waals surface area (Å²) < 4.78 is 4.96. The molecule has 2 aliphatic rings. The van der Waals surface area contributed by atoms with Crippen molar-refractivity contribution in [3.63, 3.8) is 0 Å². The molecule has 0 saturated heterocycles. The van der Waals surface area contributed by atoms with Crippen molar-refractivity contribution in [2.75, 3.05) is 0 Å². The number of aromatic nitrogens is 2. The second-order valence-corrected chi connectivity index (χ2v) is 28.1. The molecule has 2 aliphatic carbocycles. The zero-order valence-electron chi connectivity index (χ0n) is 56.2. The fourth-order valence-electron chi connectivity index (χ4n) is 18.4. The Morgan fingerprint density at radius 1 is 0.194 bits per heavy atom. The zero-order valence-corrected chi connectivity index (χ0v) is 56.2. The molecule has 0 saturated carbocycles. The molecule has 0 bridgehead atoms. The Morgan fingerprint density at radius 2 is 0.534 bits per heavy atom. The van der Waals surface area contributed by atoms with Gasteiger partial charge in [0.25, 0.3) is 0 Å². The second-order valence-electron chi connectivity index (χ2n) is 28.1. The molecule has 20 aromatic rings. The normalized spacial score (nSPS) is 13.0. The summed E-state index contributed by atoms with van der Waals surface area (Å²) in [6.45, 7) is 0. The van der Waals surface area contributed by atoms with Gasteiger partial charge in [0, 0.05) is 32.3 Å². The maximum Gasteiger partial charge on any atom is 0.0725 e. The summed E-state index contributed by atoms with van der Waals surface area (Å²) >= 11 is 0. The van der Waals surface area contributed by atoms with Crippen LogP contribution >= 0.6 is 0 Å². The molecule has 0 unspecified atom stereocenters. The number of para-hydroxylation sites is 2. The first-order valence-electron chi connectivity index (χ1n) is 35.9. The summed E-state index contributed by atoms with van der Waals surface area (Å²) in [4.78, 5) is 0. The summed E-state index contributed by atoms with van der Waals surface area (Å²) in [5.41, 5.74) is 26.6. The van der Waals surface area contributed by atoms with Crippen LogP contribution in [0.15, 0.2) is 352 Å². The standard InChI is InChI=1S/C101H62N2/c1-3-25-73-67(21-1)61-99(85-33-11-9-29-79(73)85)102-95-39-19-15-35-87(95)89-59-69(49-55-97(89)102)75-53-47-65(71-23-5-7-27-77(71)75)45-41-63-43-51-83-84-52-44-64(58-94(84)101(93(83)57-63)91-37-17-13-31-81(91)82-32-14-18-38-92(82)101)42-46-66-48-54-76(78-28-8-6-24-72(66)78)70-50-56-98-90(60-70)88-36-16-20-40-96(88)103(98)100-62-68-22-2-4-26-74(68)80-30-10-12-34-86(80)100/h1-62H. The monoisotopic (exact) mass is 1300 g/mol. The van der Waals surface area contributed by atoms with Gasteiger partial charge < -0.3 is 9.13 Å². The predicted molar refractivity (Wildman–Crippen MR) is 438 cm³/mol. The molecule has 2 nitrogen and oxygen atoms in total.